The van der Waals surface area contributed by atoms with Crippen LogP contribution in [0.5, 0.6) is 0 Å². The molecule has 1 fully saturated rings. The maximum Gasteiger partial charge on any atom is 0.0741 e. The molecular formula is C14H31N3O. The van der Waals surface area contributed by atoms with Gasteiger partial charge in [-0.1, -0.05) is 0 Å². The van der Waals surface area contributed by atoms with Crippen molar-refractivity contribution in [2.45, 2.75) is 44.6 Å². The van der Waals surface area contributed by atoms with Crippen molar-refractivity contribution >= 4 is 0 Å². The van der Waals surface area contributed by atoms with Crippen LogP contribution in [-0.4, -0.2) is 66.8 Å². The number of rotatable bonds is 9. The molecule has 1 saturated heterocycles. The SMILES string of the molecule is CN(CCCCC(C)(O)CN)CCN1CCCC1. The van der Waals surface area contributed by atoms with Gasteiger partial charge in [0.15, 0.2) is 0 Å². The molecule has 3 N–H and O–H groups in total. The Morgan fingerprint density at radius 1 is 1.22 bits per heavy atom. The maximum atomic E-state index is 9.79. The molecular weight excluding hydrogens is 226 g/mol. The first kappa shape index (κ1) is 15.9. The Bertz CT molecular complexity index is 215. The minimum atomic E-state index is -0.672. The third-order valence-corrected chi connectivity index (χ3v) is 3.94. The molecule has 0 aliphatic carbocycles. The van der Waals surface area contributed by atoms with Gasteiger partial charge in [0.25, 0.3) is 0 Å². The minimum absolute atomic E-state index is 0.359. The molecule has 4 nitrogen and oxygen atoms in total. The first-order valence-corrected chi connectivity index (χ1v) is 7.37. The quantitative estimate of drug-likeness (QED) is 0.603. The smallest absolute Gasteiger partial charge is 0.0741 e. The van der Waals surface area contributed by atoms with Gasteiger partial charge < -0.3 is 20.6 Å². The van der Waals surface area contributed by atoms with E-state index in [0.717, 1.165) is 32.4 Å². The molecule has 1 aliphatic rings. The van der Waals surface area contributed by atoms with Gasteiger partial charge in [0.2, 0.25) is 0 Å². The zero-order valence-electron chi connectivity index (χ0n) is 12.2. The summed E-state index contributed by atoms with van der Waals surface area (Å²) >= 11 is 0. The van der Waals surface area contributed by atoms with Crippen molar-refractivity contribution in [2.24, 2.45) is 5.73 Å². The predicted molar refractivity (Wildman–Crippen MR) is 76.7 cm³/mol. The lowest BCUT2D eigenvalue weighted by atomic mass is 9.99. The van der Waals surface area contributed by atoms with E-state index in [2.05, 4.69) is 16.8 Å². The van der Waals surface area contributed by atoms with Crippen LogP contribution in [0.4, 0.5) is 0 Å². The third kappa shape index (κ3) is 6.69. The number of likely N-dealkylation sites (tertiary alicyclic amines) is 1. The molecule has 0 aromatic rings. The van der Waals surface area contributed by atoms with E-state index in [9.17, 15) is 5.11 Å². The summed E-state index contributed by atoms with van der Waals surface area (Å²) in [5.41, 5.74) is 4.83. The summed E-state index contributed by atoms with van der Waals surface area (Å²) < 4.78 is 0. The van der Waals surface area contributed by atoms with Crippen LogP contribution >= 0.6 is 0 Å². The van der Waals surface area contributed by atoms with E-state index in [1.807, 2.05) is 6.92 Å². The number of unbranched alkanes of at least 4 members (excludes halogenated alkanes) is 1. The van der Waals surface area contributed by atoms with Gasteiger partial charge in [0.05, 0.1) is 5.60 Å². The number of nitrogens with two attached hydrogens (primary N) is 1. The van der Waals surface area contributed by atoms with Crippen LogP contribution in [0.25, 0.3) is 0 Å². The summed E-state index contributed by atoms with van der Waals surface area (Å²) in [4.78, 5) is 4.95. The van der Waals surface area contributed by atoms with Crippen LogP contribution < -0.4 is 5.73 Å². The second-order valence-electron chi connectivity index (χ2n) is 6.01. The summed E-state index contributed by atoms with van der Waals surface area (Å²) in [6.45, 7) is 8.24. The standard InChI is InChI=1S/C14H31N3O/c1-14(18,13-15)7-3-4-8-16(2)11-12-17-9-5-6-10-17/h18H,3-13,15H2,1-2H3. The minimum Gasteiger partial charge on any atom is -0.389 e. The monoisotopic (exact) mass is 257 g/mol. The topological polar surface area (TPSA) is 52.7 Å². The molecule has 1 unspecified atom stereocenters. The van der Waals surface area contributed by atoms with Gasteiger partial charge in [-0.2, -0.15) is 0 Å². The second-order valence-corrected chi connectivity index (χ2v) is 6.01. The lowest BCUT2D eigenvalue weighted by Crippen LogP contribution is -2.34. The van der Waals surface area contributed by atoms with Crippen molar-refractivity contribution in [2.75, 3.05) is 46.3 Å². The average Bonchev–Trinajstić information content (AvgIpc) is 2.85. The van der Waals surface area contributed by atoms with E-state index >= 15 is 0 Å². The second kappa shape index (κ2) is 8.10. The molecule has 0 amide bonds. The fourth-order valence-electron chi connectivity index (χ4n) is 2.42. The van der Waals surface area contributed by atoms with Crippen LogP contribution in [0.1, 0.15) is 39.0 Å². The highest BCUT2D eigenvalue weighted by molar-refractivity contribution is 4.73. The molecule has 0 bridgehead atoms. The Morgan fingerprint density at radius 2 is 1.89 bits per heavy atom. The van der Waals surface area contributed by atoms with Crippen LogP contribution in [-0.2, 0) is 0 Å². The number of likely N-dealkylation sites (N-methyl/N-ethyl adjacent to an activating group) is 1. The zero-order valence-corrected chi connectivity index (χ0v) is 12.2. The highest BCUT2D eigenvalue weighted by atomic mass is 16.3. The highest BCUT2D eigenvalue weighted by Crippen LogP contribution is 2.12. The first-order valence-electron chi connectivity index (χ1n) is 7.37. The largest absolute Gasteiger partial charge is 0.389 e. The van der Waals surface area contributed by atoms with Gasteiger partial charge in [0, 0.05) is 19.6 Å². The summed E-state index contributed by atoms with van der Waals surface area (Å²) in [6.07, 6.45) is 5.75. The van der Waals surface area contributed by atoms with E-state index in [0.29, 0.717) is 6.54 Å². The van der Waals surface area contributed by atoms with Gasteiger partial charge in [0.1, 0.15) is 0 Å². The van der Waals surface area contributed by atoms with Gasteiger partial charge in [-0.3, -0.25) is 0 Å². The van der Waals surface area contributed by atoms with Crippen molar-refractivity contribution in [3.8, 4) is 0 Å². The highest BCUT2D eigenvalue weighted by Gasteiger charge is 2.17. The van der Waals surface area contributed by atoms with Gasteiger partial charge in [-0.25, -0.2) is 0 Å². The normalized spacial score (nSPS) is 20.5. The molecule has 1 aliphatic heterocycles. The molecule has 1 rings (SSSR count). The molecule has 0 aromatic heterocycles. The van der Waals surface area contributed by atoms with Crippen molar-refractivity contribution in [3.63, 3.8) is 0 Å². The first-order chi connectivity index (χ1) is 8.53. The summed E-state index contributed by atoms with van der Waals surface area (Å²) in [5, 5.41) is 9.79. The van der Waals surface area contributed by atoms with E-state index < -0.39 is 5.60 Å². The summed E-state index contributed by atoms with van der Waals surface area (Å²) in [7, 11) is 2.19. The van der Waals surface area contributed by atoms with Crippen molar-refractivity contribution < 1.29 is 5.11 Å². The van der Waals surface area contributed by atoms with Crippen LogP contribution in [0.15, 0.2) is 0 Å². The molecule has 0 spiro atoms. The molecule has 0 radical (unpaired) electrons. The Kier molecular flexibility index (Phi) is 7.15. The zero-order chi connectivity index (χ0) is 13.4. The average molecular weight is 257 g/mol. The Balaban J connectivity index is 1.97. The lowest BCUT2D eigenvalue weighted by Gasteiger charge is -2.23. The van der Waals surface area contributed by atoms with Crippen molar-refractivity contribution in [3.05, 3.63) is 0 Å². The maximum absolute atomic E-state index is 9.79. The Morgan fingerprint density at radius 3 is 2.50 bits per heavy atom. The van der Waals surface area contributed by atoms with E-state index in [4.69, 9.17) is 5.73 Å². The van der Waals surface area contributed by atoms with E-state index in [-0.39, 0.29) is 0 Å². The van der Waals surface area contributed by atoms with Gasteiger partial charge in [-0.05, 0) is 65.7 Å². The van der Waals surface area contributed by atoms with Gasteiger partial charge >= 0.3 is 0 Å². The number of hydrogen-bond donors (Lipinski definition) is 2. The molecule has 0 aromatic carbocycles. The molecule has 1 atom stereocenters. The number of hydrogen-bond acceptors (Lipinski definition) is 4. The molecule has 1 heterocycles. The van der Waals surface area contributed by atoms with Crippen LogP contribution in [0.3, 0.4) is 0 Å². The fourth-order valence-corrected chi connectivity index (χ4v) is 2.42. The number of aliphatic hydroxyl groups is 1. The molecule has 4 heteroatoms. The lowest BCUT2D eigenvalue weighted by molar-refractivity contribution is 0.0565. The molecule has 18 heavy (non-hydrogen) atoms. The molecule has 0 saturated carbocycles. The predicted octanol–water partition coefficient (Wildman–Crippen LogP) is 0.894. The third-order valence-electron chi connectivity index (χ3n) is 3.94. The van der Waals surface area contributed by atoms with Crippen LogP contribution in [0, 0.1) is 0 Å². The molecule has 108 valence electrons. The summed E-state index contributed by atoms with van der Waals surface area (Å²) in [6, 6.07) is 0. The van der Waals surface area contributed by atoms with Crippen molar-refractivity contribution in [1.82, 2.24) is 9.80 Å². The van der Waals surface area contributed by atoms with Crippen LogP contribution in [0.2, 0.25) is 0 Å². The Hall–Kier alpha value is -0.160. The Labute approximate surface area is 112 Å². The van der Waals surface area contributed by atoms with E-state index in [1.165, 1.54) is 32.5 Å². The van der Waals surface area contributed by atoms with E-state index in [1.54, 1.807) is 0 Å². The number of nitrogens with zero attached hydrogens (tertiary/aromatic N) is 2. The summed E-state index contributed by atoms with van der Waals surface area (Å²) in [5.74, 6) is 0. The fraction of sp³-hybridized carbons (Fsp3) is 1.00. The van der Waals surface area contributed by atoms with Crippen molar-refractivity contribution in [1.29, 1.82) is 0 Å². The van der Waals surface area contributed by atoms with Gasteiger partial charge in [-0.15, -0.1) is 0 Å².